The van der Waals surface area contributed by atoms with Crippen molar-refractivity contribution in [2.24, 2.45) is 0 Å². The summed E-state index contributed by atoms with van der Waals surface area (Å²) in [4.78, 5) is 4.08. The summed E-state index contributed by atoms with van der Waals surface area (Å²) in [7, 11) is 0. The van der Waals surface area contributed by atoms with Gasteiger partial charge in [0.1, 0.15) is 24.1 Å². The first kappa shape index (κ1) is 23.9. The highest BCUT2D eigenvalue weighted by molar-refractivity contribution is 5.66. The molecule has 0 radical (unpaired) electrons. The van der Waals surface area contributed by atoms with E-state index >= 15 is 0 Å². The zero-order chi connectivity index (χ0) is 24.2. The van der Waals surface area contributed by atoms with Crippen LogP contribution >= 0.6 is 0 Å². The first-order valence-electron chi connectivity index (χ1n) is 10.7. The Labute approximate surface area is 195 Å². The van der Waals surface area contributed by atoms with Crippen LogP contribution in [0.3, 0.4) is 0 Å². The smallest absolute Gasteiger partial charge is 0.201 e. The molecule has 1 saturated heterocycles. The summed E-state index contributed by atoms with van der Waals surface area (Å²) in [6, 6.07) is 8.68. The third-order valence-electron chi connectivity index (χ3n) is 5.49. The lowest BCUT2D eigenvalue weighted by Crippen LogP contribution is -2.30. The Hall–Kier alpha value is -3.29. The molecule has 0 saturated carbocycles. The molecule has 0 amide bonds. The molecule has 7 nitrogen and oxygen atoms in total. The molecule has 3 N–H and O–H groups in total. The lowest BCUT2D eigenvalue weighted by Gasteiger charge is -2.17. The number of hydrogen-bond donors (Lipinski definition) is 3. The van der Waals surface area contributed by atoms with Crippen LogP contribution in [0.1, 0.15) is 30.5 Å². The highest BCUT2D eigenvalue weighted by Crippen LogP contribution is 2.31. The first-order chi connectivity index (χ1) is 16.4. The van der Waals surface area contributed by atoms with Gasteiger partial charge in [-0.1, -0.05) is 24.0 Å². The average Bonchev–Trinajstić information content (AvgIpc) is 3.48. The zero-order valence-electron chi connectivity index (χ0n) is 18.4. The largest absolute Gasteiger partial charge is 0.482 e. The molecule has 0 bridgehead atoms. The Balaban J connectivity index is 1.52. The maximum Gasteiger partial charge on any atom is 0.201 e. The molecular weight excluding hydrogens is 446 g/mol. The van der Waals surface area contributed by atoms with E-state index in [9.17, 15) is 24.1 Å². The molecule has 0 spiro atoms. The minimum absolute atomic E-state index is 0.0563. The van der Waals surface area contributed by atoms with Crippen molar-refractivity contribution in [3.8, 4) is 28.7 Å². The second-order valence-corrected chi connectivity index (χ2v) is 7.91. The van der Waals surface area contributed by atoms with Gasteiger partial charge in [-0.2, -0.15) is 4.39 Å². The number of benzene rings is 2. The van der Waals surface area contributed by atoms with Gasteiger partial charge in [0.15, 0.2) is 17.7 Å². The quantitative estimate of drug-likeness (QED) is 0.480. The summed E-state index contributed by atoms with van der Waals surface area (Å²) in [5, 5.41) is 29.3. The summed E-state index contributed by atoms with van der Waals surface area (Å²) in [6.45, 7) is 1.49. The van der Waals surface area contributed by atoms with Gasteiger partial charge in [-0.25, -0.2) is 9.37 Å². The van der Waals surface area contributed by atoms with Crippen molar-refractivity contribution >= 4 is 0 Å². The van der Waals surface area contributed by atoms with Gasteiger partial charge in [0.05, 0.1) is 19.8 Å². The van der Waals surface area contributed by atoms with E-state index in [2.05, 4.69) is 16.8 Å². The van der Waals surface area contributed by atoms with Crippen LogP contribution in [-0.2, 0) is 4.74 Å². The van der Waals surface area contributed by atoms with Crippen molar-refractivity contribution < 1.29 is 33.6 Å². The Morgan fingerprint density at radius 2 is 1.94 bits per heavy atom. The molecule has 2 aromatic carbocycles. The number of hydrogen-bond acceptors (Lipinski definition) is 6. The maximum absolute atomic E-state index is 14.7. The normalized spacial score (nSPS) is 19.4. The number of halogens is 2. The molecule has 4 atom stereocenters. The predicted octanol–water partition coefficient (Wildman–Crippen LogP) is 2.61. The average molecular weight is 470 g/mol. The molecule has 4 rings (SSSR count). The lowest BCUT2D eigenvalue weighted by atomic mass is 10.0. The van der Waals surface area contributed by atoms with Crippen molar-refractivity contribution in [1.29, 1.82) is 0 Å². The van der Waals surface area contributed by atoms with Gasteiger partial charge in [-0.3, -0.25) is 0 Å². The fraction of sp³-hybridized carbons (Fsp3) is 0.320. The maximum atomic E-state index is 14.7. The number of aromatic nitrogens is 2. The van der Waals surface area contributed by atoms with Crippen LogP contribution in [0.15, 0.2) is 48.8 Å². The molecule has 9 heteroatoms. The SMILES string of the molecule is C[C@H](O)c1nccn1[C@@H](C#Cc1ccc(-c2ccc(O[C@H]3COC[C@@H]3O)c(F)c2F)cc1)CO. The summed E-state index contributed by atoms with van der Waals surface area (Å²) in [5.41, 5.74) is 1.11. The van der Waals surface area contributed by atoms with Gasteiger partial charge < -0.3 is 29.4 Å². The Bertz CT molecular complexity index is 1200. The molecular formula is C25H24F2N2O5. The molecule has 1 aliphatic heterocycles. The van der Waals surface area contributed by atoms with Crippen LogP contribution in [0.25, 0.3) is 11.1 Å². The number of rotatable bonds is 6. The van der Waals surface area contributed by atoms with E-state index in [-0.39, 0.29) is 31.1 Å². The van der Waals surface area contributed by atoms with Gasteiger partial charge in [-0.15, -0.1) is 0 Å². The third-order valence-corrected chi connectivity index (χ3v) is 5.49. The highest BCUT2D eigenvalue weighted by atomic mass is 19.2. The second-order valence-electron chi connectivity index (χ2n) is 7.91. The second kappa shape index (κ2) is 10.3. The van der Waals surface area contributed by atoms with Crippen molar-refractivity contribution in [2.75, 3.05) is 19.8 Å². The number of aliphatic hydroxyl groups excluding tert-OH is 3. The van der Waals surface area contributed by atoms with E-state index in [1.165, 1.54) is 18.3 Å². The topological polar surface area (TPSA) is 97.0 Å². The van der Waals surface area contributed by atoms with Crippen LogP contribution in [-0.4, -0.2) is 56.9 Å². The molecule has 0 unspecified atom stereocenters. The molecule has 1 aromatic heterocycles. The number of aliphatic hydroxyl groups is 3. The number of imidazole rings is 1. The van der Waals surface area contributed by atoms with Crippen LogP contribution < -0.4 is 4.74 Å². The molecule has 0 aliphatic carbocycles. The van der Waals surface area contributed by atoms with Crippen molar-refractivity contribution in [3.05, 3.63) is 71.8 Å². The summed E-state index contributed by atoms with van der Waals surface area (Å²) in [5.74, 6) is 3.79. The fourth-order valence-electron chi connectivity index (χ4n) is 3.66. The van der Waals surface area contributed by atoms with E-state index in [4.69, 9.17) is 9.47 Å². The van der Waals surface area contributed by atoms with Crippen molar-refractivity contribution in [2.45, 2.75) is 31.3 Å². The third kappa shape index (κ3) is 4.95. The minimum atomic E-state index is -1.14. The molecule has 3 aromatic rings. The summed E-state index contributed by atoms with van der Waals surface area (Å²) in [6.07, 6.45) is 0.697. The van der Waals surface area contributed by atoms with E-state index in [1.807, 2.05) is 0 Å². The first-order valence-corrected chi connectivity index (χ1v) is 10.7. The molecule has 34 heavy (non-hydrogen) atoms. The van der Waals surface area contributed by atoms with Gasteiger partial charge in [0.25, 0.3) is 0 Å². The minimum Gasteiger partial charge on any atom is -0.482 e. The summed E-state index contributed by atoms with van der Waals surface area (Å²) < 4.78 is 41.4. The van der Waals surface area contributed by atoms with Crippen molar-refractivity contribution in [3.63, 3.8) is 0 Å². The molecule has 1 aliphatic rings. The van der Waals surface area contributed by atoms with Crippen LogP contribution in [0.2, 0.25) is 0 Å². The lowest BCUT2D eigenvalue weighted by molar-refractivity contribution is 0.0703. The summed E-state index contributed by atoms with van der Waals surface area (Å²) >= 11 is 0. The molecule has 178 valence electrons. The van der Waals surface area contributed by atoms with E-state index in [0.717, 1.165) is 0 Å². The van der Waals surface area contributed by atoms with Gasteiger partial charge in [0, 0.05) is 23.5 Å². The number of ether oxygens (including phenoxy) is 2. The van der Waals surface area contributed by atoms with Crippen LogP contribution in [0.5, 0.6) is 5.75 Å². The van der Waals surface area contributed by atoms with Gasteiger partial charge >= 0.3 is 0 Å². The van der Waals surface area contributed by atoms with Crippen molar-refractivity contribution in [1.82, 2.24) is 9.55 Å². The van der Waals surface area contributed by atoms with Gasteiger partial charge in [-0.05, 0) is 36.8 Å². The standard InChI is InChI=1S/C25H24F2N2O5/c1-15(31)25-28-10-11-29(25)18(12-30)7-4-16-2-5-17(6-3-16)19-8-9-21(24(27)23(19)26)34-22-14-33-13-20(22)32/h2-3,5-6,8-11,15,18,20,22,30-32H,12-14H2,1H3/t15-,18-,20-,22-/m0/s1. The molecule has 2 heterocycles. The van der Waals surface area contributed by atoms with E-state index < -0.39 is 36.0 Å². The van der Waals surface area contributed by atoms with Crippen LogP contribution in [0.4, 0.5) is 8.78 Å². The van der Waals surface area contributed by atoms with E-state index in [0.29, 0.717) is 17.0 Å². The highest BCUT2D eigenvalue weighted by Gasteiger charge is 2.29. The van der Waals surface area contributed by atoms with Crippen LogP contribution in [0, 0.1) is 23.5 Å². The van der Waals surface area contributed by atoms with E-state index in [1.54, 1.807) is 42.0 Å². The fourth-order valence-corrected chi connectivity index (χ4v) is 3.66. The molecule has 1 fully saturated rings. The monoisotopic (exact) mass is 470 g/mol. The number of nitrogens with zero attached hydrogens (tertiary/aromatic N) is 2. The Morgan fingerprint density at radius 3 is 2.59 bits per heavy atom. The van der Waals surface area contributed by atoms with Gasteiger partial charge in [0.2, 0.25) is 5.82 Å². The predicted molar refractivity (Wildman–Crippen MR) is 119 cm³/mol. The Kier molecular flexibility index (Phi) is 7.24. The Morgan fingerprint density at radius 1 is 1.18 bits per heavy atom. The zero-order valence-corrected chi connectivity index (χ0v) is 18.4.